The summed E-state index contributed by atoms with van der Waals surface area (Å²) >= 11 is 0. The van der Waals surface area contributed by atoms with Crippen molar-refractivity contribution in [2.24, 2.45) is 0 Å². The quantitative estimate of drug-likeness (QED) is 0.863. The number of piperidine rings is 1. The maximum atomic E-state index is 10.0. The molecule has 2 fully saturated rings. The normalized spacial score (nSPS) is 25.8. The second-order valence-electron chi connectivity index (χ2n) is 8.12. The minimum Gasteiger partial charge on any atom is -0.390 e. The smallest absolute Gasteiger partial charge is 0.103 e. The van der Waals surface area contributed by atoms with Gasteiger partial charge < -0.3 is 14.9 Å². The van der Waals surface area contributed by atoms with E-state index in [1.54, 1.807) is 0 Å². The van der Waals surface area contributed by atoms with Crippen molar-refractivity contribution < 1.29 is 14.9 Å². The van der Waals surface area contributed by atoms with E-state index in [0.717, 1.165) is 49.6 Å². The third kappa shape index (κ3) is 3.94. The molecule has 0 saturated carbocycles. The van der Waals surface area contributed by atoms with Crippen molar-refractivity contribution in [2.45, 2.75) is 57.5 Å². The molecule has 2 aliphatic rings. The fourth-order valence-corrected chi connectivity index (χ4v) is 4.35. The van der Waals surface area contributed by atoms with Gasteiger partial charge in [0, 0.05) is 31.7 Å². The van der Waals surface area contributed by atoms with Crippen LogP contribution >= 0.6 is 0 Å². The number of aromatic nitrogens is 2. The van der Waals surface area contributed by atoms with E-state index in [-0.39, 0.29) is 12.2 Å². The van der Waals surface area contributed by atoms with E-state index in [1.807, 2.05) is 11.6 Å². The molecule has 2 atom stereocenters. The molecule has 1 aromatic heterocycles. The predicted molar refractivity (Wildman–Crippen MR) is 103 cm³/mol. The van der Waals surface area contributed by atoms with Crippen LogP contribution in [0.4, 0.5) is 0 Å². The fraction of sp³-hybridized carbons (Fsp3) is 0.571. The lowest BCUT2D eigenvalue weighted by Gasteiger charge is -2.46. The van der Waals surface area contributed by atoms with Gasteiger partial charge in [-0.15, -0.1) is 0 Å². The SMILES string of the molecule is Cc1cc(C)n(-c2cccc(CN3CCC4(CC3)C[C@@H](O)[C@@H](O)CO4)c2)n1. The standard InChI is InChI=1S/C21H29N3O3/c1-15-10-16(2)24(22-15)18-5-3-4-17(11-18)13-23-8-6-21(7-9-23)12-19(25)20(26)14-27-21/h3-5,10-11,19-20,25-26H,6-9,12-14H2,1-2H3/t19-,20+/m1/s1. The Hall–Kier alpha value is -1.73. The molecule has 4 rings (SSSR count). The molecule has 0 amide bonds. The van der Waals surface area contributed by atoms with Crippen LogP contribution in [0.15, 0.2) is 30.3 Å². The van der Waals surface area contributed by atoms with Gasteiger partial charge in [0.15, 0.2) is 0 Å². The lowest BCUT2D eigenvalue weighted by molar-refractivity contribution is -0.188. The van der Waals surface area contributed by atoms with Gasteiger partial charge in [0.1, 0.15) is 6.10 Å². The average Bonchev–Trinajstić information content (AvgIpc) is 2.99. The molecule has 1 spiro atoms. The highest BCUT2D eigenvalue weighted by atomic mass is 16.5. The lowest BCUT2D eigenvalue weighted by Crippen LogP contribution is -2.54. The van der Waals surface area contributed by atoms with Gasteiger partial charge in [0.05, 0.1) is 29.7 Å². The Morgan fingerprint density at radius 3 is 2.59 bits per heavy atom. The topological polar surface area (TPSA) is 70.8 Å². The molecule has 2 aliphatic heterocycles. The Morgan fingerprint density at radius 2 is 1.93 bits per heavy atom. The molecule has 2 saturated heterocycles. The molecule has 2 N–H and O–H groups in total. The van der Waals surface area contributed by atoms with Gasteiger partial charge in [-0.2, -0.15) is 5.10 Å². The van der Waals surface area contributed by atoms with Crippen LogP contribution in [-0.2, 0) is 11.3 Å². The van der Waals surface area contributed by atoms with Crippen LogP contribution in [0, 0.1) is 13.8 Å². The zero-order chi connectivity index (χ0) is 19.0. The highest BCUT2D eigenvalue weighted by Gasteiger charge is 2.42. The number of aryl methyl sites for hydroxylation is 2. The van der Waals surface area contributed by atoms with Gasteiger partial charge >= 0.3 is 0 Å². The number of likely N-dealkylation sites (tertiary alicyclic amines) is 1. The van der Waals surface area contributed by atoms with Gasteiger partial charge in [-0.3, -0.25) is 4.90 Å². The first-order valence-corrected chi connectivity index (χ1v) is 9.79. The molecule has 27 heavy (non-hydrogen) atoms. The van der Waals surface area contributed by atoms with Gasteiger partial charge in [-0.1, -0.05) is 12.1 Å². The van der Waals surface area contributed by atoms with Gasteiger partial charge in [0.25, 0.3) is 0 Å². The van der Waals surface area contributed by atoms with E-state index in [2.05, 4.69) is 47.3 Å². The maximum absolute atomic E-state index is 10.0. The molecule has 1 aromatic carbocycles. The minimum absolute atomic E-state index is 0.242. The van der Waals surface area contributed by atoms with Crippen molar-refractivity contribution >= 4 is 0 Å². The Bertz CT molecular complexity index is 796. The van der Waals surface area contributed by atoms with Crippen LogP contribution in [-0.4, -0.2) is 62.4 Å². The van der Waals surface area contributed by atoms with Crippen molar-refractivity contribution in [3.8, 4) is 5.69 Å². The number of nitrogens with zero attached hydrogens (tertiary/aromatic N) is 3. The highest BCUT2D eigenvalue weighted by molar-refractivity contribution is 5.37. The molecule has 146 valence electrons. The van der Waals surface area contributed by atoms with E-state index >= 15 is 0 Å². The van der Waals surface area contributed by atoms with Gasteiger partial charge in [-0.05, 0) is 50.5 Å². The van der Waals surface area contributed by atoms with Crippen molar-refractivity contribution in [2.75, 3.05) is 19.7 Å². The first-order valence-electron chi connectivity index (χ1n) is 9.79. The summed E-state index contributed by atoms with van der Waals surface area (Å²) in [6.07, 6.45) is 0.922. The largest absolute Gasteiger partial charge is 0.390 e. The number of hydrogen-bond acceptors (Lipinski definition) is 5. The van der Waals surface area contributed by atoms with Gasteiger partial charge in [-0.25, -0.2) is 4.68 Å². The van der Waals surface area contributed by atoms with Crippen LogP contribution in [0.25, 0.3) is 5.69 Å². The molecule has 3 heterocycles. The number of hydrogen-bond donors (Lipinski definition) is 2. The summed E-state index contributed by atoms with van der Waals surface area (Å²) in [7, 11) is 0. The summed E-state index contributed by atoms with van der Waals surface area (Å²) in [6, 6.07) is 10.6. The fourth-order valence-electron chi connectivity index (χ4n) is 4.35. The number of aliphatic hydroxyl groups excluding tert-OH is 2. The Labute approximate surface area is 160 Å². The van der Waals surface area contributed by atoms with Crippen LogP contribution < -0.4 is 0 Å². The third-order valence-corrected chi connectivity index (χ3v) is 5.92. The van der Waals surface area contributed by atoms with E-state index in [4.69, 9.17) is 4.74 Å². The van der Waals surface area contributed by atoms with E-state index in [0.29, 0.717) is 6.42 Å². The summed E-state index contributed by atoms with van der Waals surface area (Å²) < 4.78 is 7.92. The highest BCUT2D eigenvalue weighted by Crippen LogP contribution is 2.35. The molecule has 0 bridgehead atoms. The molecular weight excluding hydrogens is 342 g/mol. The number of aliphatic hydroxyl groups is 2. The number of rotatable bonds is 3. The van der Waals surface area contributed by atoms with Crippen molar-refractivity contribution in [3.63, 3.8) is 0 Å². The van der Waals surface area contributed by atoms with Crippen LogP contribution in [0.5, 0.6) is 0 Å². The Kier molecular flexibility index (Phi) is 5.07. The molecule has 2 aromatic rings. The van der Waals surface area contributed by atoms with Crippen LogP contribution in [0.3, 0.4) is 0 Å². The zero-order valence-electron chi connectivity index (χ0n) is 16.1. The molecule has 0 aliphatic carbocycles. The second-order valence-corrected chi connectivity index (χ2v) is 8.12. The van der Waals surface area contributed by atoms with Crippen LogP contribution in [0.1, 0.15) is 36.2 Å². The first kappa shape index (κ1) is 18.6. The third-order valence-electron chi connectivity index (χ3n) is 5.92. The maximum Gasteiger partial charge on any atom is 0.103 e. The first-order chi connectivity index (χ1) is 12.9. The minimum atomic E-state index is -0.745. The lowest BCUT2D eigenvalue weighted by atomic mass is 9.82. The summed E-state index contributed by atoms with van der Waals surface area (Å²) in [5, 5.41) is 24.3. The zero-order valence-corrected chi connectivity index (χ0v) is 16.1. The van der Waals surface area contributed by atoms with E-state index in [9.17, 15) is 10.2 Å². The summed E-state index contributed by atoms with van der Waals surface area (Å²) in [4.78, 5) is 2.44. The van der Waals surface area contributed by atoms with Crippen molar-refractivity contribution in [3.05, 3.63) is 47.3 Å². The number of benzene rings is 1. The molecule has 0 unspecified atom stereocenters. The number of ether oxygens (including phenoxy) is 1. The van der Waals surface area contributed by atoms with Crippen molar-refractivity contribution in [1.29, 1.82) is 0 Å². The van der Waals surface area contributed by atoms with Crippen molar-refractivity contribution in [1.82, 2.24) is 14.7 Å². The Balaban J connectivity index is 1.40. The molecular formula is C21H29N3O3. The van der Waals surface area contributed by atoms with Crippen LogP contribution in [0.2, 0.25) is 0 Å². The average molecular weight is 371 g/mol. The Morgan fingerprint density at radius 1 is 1.15 bits per heavy atom. The summed E-state index contributed by atoms with van der Waals surface area (Å²) in [5.41, 5.74) is 4.27. The van der Waals surface area contributed by atoms with E-state index in [1.165, 1.54) is 5.56 Å². The second kappa shape index (κ2) is 7.36. The molecule has 0 radical (unpaired) electrons. The summed E-state index contributed by atoms with van der Waals surface area (Å²) in [6.45, 7) is 7.10. The molecule has 6 nitrogen and oxygen atoms in total. The predicted octanol–water partition coefficient (Wildman–Crippen LogP) is 1.97. The van der Waals surface area contributed by atoms with E-state index < -0.39 is 12.2 Å². The molecule has 6 heteroatoms. The monoisotopic (exact) mass is 371 g/mol. The van der Waals surface area contributed by atoms with Gasteiger partial charge in [0.2, 0.25) is 0 Å². The summed E-state index contributed by atoms with van der Waals surface area (Å²) in [5.74, 6) is 0.